The molecule has 1 rings (SSSR count). The van der Waals surface area contributed by atoms with Crippen LogP contribution in [0.3, 0.4) is 0 Å². The maximum Gasteiger partial charge on any atom is 0.351 e. The van der Waals surface area contributed by atoms with Gasteiger partial charge in [-0.15, -0.1) is 0 Å². The zero-order valence-corrected chi connectivity index (χ0v) is 5.19. The highest BCUT2D eigenvalue weighted by Gasteiger charge is 1.95. The Labute approximate surface area is 56.7 Å². The standard InChI is InChI=1S/C5H7N3O2/c6-4-1-2-7-5(10)8(4)3-9/h1-2,9H,3,6H2. The molecule has 0 aliphatic heterocycles. The molecule has 0 fully saturated rings. The number of aliphatic hydroxyl groups is 1. The molecule has 5 heteroatoms. The lowest BCUT2D eigenvalue weighted by Gasteiger charge is -2.01. The zero-order chi connectivity index (χ0) is 7.56. The van der Waals surface area contributed by atoms with Crippen molar-refractivity contribution in [3.63, 3.8) is 0 Å². The molecule has 1 aromatic rings. The van der Waals surface area contributed by atoms with Crippen molar-refractivity contribution in [1.82, 2.24) is 9.55 Å². The SMILES string of the molecule is Nc1ccnc(=O)n1CO. The van der Waals surface area contributed by atoms with E-state index in [1.165, 1.54) is 12.3 Å². The van der Waals surface area contributed by atoms with Crippen molar-refractivity contribution in [3.8, 4) is 0 Å². The van der Waals surface area contributed by atoms with Gasteiger partial charge in [0.15, 0.2) is 0 Å². The molecule has 0 bridgehead atoms. The minimum Gasteiger partial charge on any atom is -0.385 e. The molecule has 3 N–H and O–H groups in total. The number of aromatic nitrogens is 2. The fraction of sp³-hybridized carbons (Fsp3) is 0.200. The van der Waals surface area contributed by atoms with Crippen molar-refractivity contribution in [2.45, 2.75) is 6.73 Å². The molecule has 1 aromatic heterocycles. The normalized spacial score (nSPS) is 9.70. The minimum absolute atomic E-state index is 0.211. The van der Waals surface area contributed by atoms with Crippen molar-refractivity contribution in [2.24, 2.45) is 0 Å². The molecule has 5 nitrogen and oxygen atoms in total. The Balaban J connectivity index is 3.31. The molecule has 0 radical (unpaired) electrons. The summed E-state index contributed by atoms with van der Waals surface area (Å²) in [4.78, 5) is 14.1. The van der Waals surface area contributed by atoms with Crippen LogP contribution in [0.5, 0.6) is 0 Å². The number of anilines is 1. The van der Waals surface area contributed by atoms with Crippen LogP contribution in [0.4, 0.5) is 5.82 Å². The van der Waals surface area contributed by atoms with Crippen LogP contribution in [0, 0.1) is 0 Å². The first kappa shape index (κ1) is 6.76. The highest BCUT2D eigenvalue weighted by Crippen LogP contribution is 1.92. The van der Waals surface area contributed by atoms with E-state index in [-0.39, 0.29) is 5.82 Å². The Morgan fingerprint density at radius 1 is 1.80 bits per heavy atom. The predicted molar refractivity (Wildman–Crippen MR) is 35.1 cm³/mol. The summed E-state index contributed by atoms with van der Waals surface area (Å²) in [6.45, 7) is -0.432. The van der Waals surface area contributed by atoms with E-state index in [1.807, 2.05) is 0 Å². The van der Waals surface area contributed by atoms with Crippen LogP contribution in [0.1, 0.15) is 0 Å². The highest BCUT2D eigenvalue weighted by atomic mass is 16.3. The van der Waals surface area contributed by atoms with Crippen molar-refractivity contribution in [1.29, 1.82) is 0 Å². The summed E-state index contributed by atoms with van der Waals surface area (Å²) in [6.07, 6.45) is 1.30. The molecule has 10 heavy (non-hydrogen) atoms. The lowest BCUT2D eigenvalue weighted by atomic mass is 10.6. The largest absolute Gasteiger partial charge is 0.385 e. The highest BCUT2D eigenvalue weighted by molar-refractivity contribution is 5.25. The van der Waals surface area contributed by atoms with Gasteiger partial charge in [0.2, 0.25) is 0 Å². The number of aliphatic hydroxyl groups excluding tert-OH is 1. The van der Waals surface area contributed by atoms with Crippen LogP contribution >= 0.6 is 0 Å². The van der Waals surface area contributed by atoms with E-state index in [9.17, 15) is 4.79 Å². The van der Waals surface area contributed by atoms with Crippen LogP contribution in [0.2, 0.25) is 0 Å². The van der Waals surface area contributed by atoms with Crippen molar-refractivity contribution < 1.29 is 5.11 Å². The van der Waals surface area contributed by atoms with E-state index in [4.69, 9.17) is 10.8 Å². The van der Waals surface area contributed by atoms with Crippen LogP contribution in [-0.2, 0) is 6.73 Å². The molecule has 0 aromatic carbocycles. The van der Waals surface area contributed by atoms with E-state index < -0.39 is 12.4 Å². The van der Waals surface area contributed by atoms with Gasteiger partial charge in [-0.1, -0.05) is 0 Å². The first-order chi connectivity index (χ1) is 4.75. The molecule has 0 saturated carbocycles. The van der Waals surface area contributed by atoms with Crippen LogP contribution < -0.4 is 11.4 Å². The maximum absolute atomic E-state index is 10.7. The number of hydrogen-bond donors (Lipinski definition) is 2. The summed E-state index contributed by atoms with van der Waals surface area (Å²) < 4.78 is 0.958. The number of hydrogen-bond acceptors (Lipinski definition) is 4. The molecule has 0 unspecified atom stereocenters. The lowest BCUT2D eigenvalue weighted by molar-refractivity contribution is 0.206. The molecule has 0 atom stereocenters. The molecule has 54 valence electrons. The molecule has 0 spiro atoms. The molecular weight excluding hydrogens is 134 g/mol. The lowest BCUT2D eigenvalue weighted by Crippen LogP contribution is -2.24. The van der Waals surface area contributed by atoms with Gasteiger partial charge < -0.3 is 10.8 Å². The Hall–Kier alpha value is -1.36. The van der Waals surface area contributed by atoms with Gasteiger partial charge in [-0.05, 0) is 6.07 Å². The van der Waals surface area contributed by atoms with E-state index in [0.717, 1.165) is 4.57 Å². The van der Waals surface area contributed by atoms with Gasteiger partial charge in [-0.3, -0.25) is 4.57 Å². The van der Waals surface area contributed by atoms with E-state index in [2.05, 4.69) is 4.98 Å². The van der Waals surface area contributed by atoms with Crippen molar-refractivity contribution in [3.05, 3.63) is 22.7 Å². The zero-order valence-electron chi connectivity index (χ0n) is 5.19. The van der Waals surface area contributed by atoms with Crippen molar-refractivity contribution >= 4 is 5.82 Å². The van der Waals surface area contributed by atoms with Gasteiger partial charge in [0.1, 0.15) is 12.5 Å². The molecule has 1 heterocycles. The second-order valence-electron chi connectivity index (χ2n) is 1.72. The molecule has 0 saturated heterocycles. The third kappa shape index (κ3) is 0.985. The topological polar surface area (TPSA) is 81.1 Å². The number of nitrogen functional groups attached to an aromatic ring is 1. The van der Waals surface area contributed by atoms with Gasteiger partial charge in [0, 0.05) is 6.20 Å². The quantitative estimate of drug-likeness (QED) is 0.513. The van der Waals surface area contributed by atoms with Crippen LogP contribution in [-0.4, -0.2) is 14.7 Å². The minimum atomic E-state index is -0.539. The first-order valence-corrected chi connectivity index (χ1v) is 2.68. The van der Waals surface area contributed by atoms with Gasteiger partial charge >= 0.3 is 5.69 Å². The molecule has 0 aliphatic rings. The molecule has 0 amide bonds. The summed E-state index contributed by atoms with van der Waals surface area (Å²) in [6, 6.07) is 1.44. The number of nitrogens with two attached hydrogens (primary N) is 1. The monoisotopic (exact) mass is 141 g/mol. The Morgan fingerprint density at radius 2 is 2.50 bits per heavy atom. The van der Waals surface area contributed by atoms with E-state index in [1.54, 1.807) is 0 Å². The van der Waals surface area contributed by atoms with Crippen molar-refractivity contribution in [2.75, 3.05) is 5.73 Å². The third-order valence-corrected chi connectivity index (χ3v) is 1.11. The van der Waals surface area contributed by atoms with Crippen LogP contribution in [0.15, 0.2) is 17.1 Å². The number of nitrogens with zero attached hydrogens (tertiary/aromatic N) is 2. The average molecular weight is 141 g/mol. The summed E-state index contributed by atoms with van der Waals surface area (Å²) in [7, 11) is 0. The first-order valence-electron chi connectivity index (χ1n) is 2.68. The Bertz CT molecular complexity index is 280. The fourth-order valence-corrected chi connectivity index (χ4v) is 0.590. The Kier molecular flexibility index (Phi) is 1.68. The number of rotatable bonds is 1. The second-order valence-corrected chi connectivity index (χ2v) is 1.72. The third-order valence-electron chi connectivity index (χ3n) is 1.11. The van der Waals surface area contributed by atoms with E-state index >= 15 is 0 Å². The molecular formula is C5H7N3O2. The van der Waals surface area contributed by atoms with Gasteiger partial charge in [-0.25, -0.2) is 9.78 Å². The van der Waals surface area contributed by atoms with Crippen LogP contribution in [0.25, 0.3) is 0 Å². The van der Waals surface area contributed by atoms with Gasteiger partial charge in [0.25, 0.3) is 0 Å². The molecule has 0 aliphatic carbocycles. The van der Waals surface area contributed by atoms with E-state index in [0.29, 0.717) is 0 Å². The second kappa shape index (κ2) is 2.49. The van der Waals surface area contributed by atoms with Gasteiger partial charge in [0.05, 0.1) is 0 Å². The summed E-state index contributed by atoms with van der Waals surface area (Å²) in [5.74, 6) is 0.211. The Morgan fingerprint density at radius 3 is 2.90 bits per heavy atom. The summed E-state index contributed by atoms with van der Waals surface area (Å²) in [5, 5.41) is 8.54. The summed E-state index contributed by atoms with van der Waals surface area (Å²) >= 11 is 0. The smallest absolute Gasteiger partial charge is 0.351 e. The summed E-state index contributed by atoms with van der Waals surface area (Å²) in [5.41, 5.74) is 4.76. The fourth-order valence-electron chi connectivity index (χ4n) is 0.590. The predicted octanol–water partition coefficient (Wildman–Crippen LogP) is -1.22. The maximum atomic E-state index is 10.7. The average Bonchev–Trinajstić information content (AvgIpc) is 1.88. The van der Waals surface area contributed by atoms with Gasteiger partial charge in [-0.2, -0.15) is 0 Å².